The highest BCUT2D eigenvalue weighted by Crippen LogP contribution is 2.39. The van der Waals surface area contributed by atoms with Crippen LogP contribution < -0.4 is 10.4 Å². The van der Waals surface area contributed by atoms with E-state index in [0.717, 1.165) is 13.0 Å². The van der Waals surface area contributed by atoms with Gasteiger partial charge in [0.1, 0.15) is 0 Å². The zero-order valence-corrected chi connectivity index (χ0v) is 17.4. The van der Waals surface area contributed by atoms with Crippen LogP contribution in [0.5, 0.6) is 0 Å². The van der Waals surface area contributed by atoms with Crippen molar-refractivity contribution >= 4 is 18.7 Å². The predicted molar refractivity (Wildman–Crippen MR) is 111 cm³/mol. The molecule has 1 atom stereocenters. The van der Waals surface area contributed by atoms with E-state index in [0.29, 0.717) is 5.92 Å². The molecular formula is C23H30O2Si. The summed E-state index contributed by atoms with van der Waals surface area (Å²) in [5.41, 5.74) is 1.38. The van der Waals surface area contributed by atoms with Crippen LogP contribution >= 0.6 is 0 Å². The van der Waals surface area contributed by atoms with Gasteiger partial charge in [-0.3, -0.25) is 0 Å². The number of rotatable bonds is 6. The Bertz CT molecular complexity index is 692. The lowest BCUT2D eigenvalue weighted by Gasteiger charge is -2.44. The molecule has 0 heterocycles. The molecule has 0 aromatic heterocycles. The van der Waals surface area contributed by atoms with Gasteiger partial charge < -0.3 is 9.16 Å². The lowest BCUT2D eigenvalue weighted by atomic mass is 9.81. The third-order valence-electron chi connectivity index (χ3n) is 5.49. The summed E-state index contributed by atoms with van der Waals surface area (Å²) in [5, 5.41) is 2.72. The second kappa shape index (κ2) is 7.81. The summed E-state index contributed by atoms with van der Waals surface area (Å²) < 4.78 is 12.2. The van der Waals surface area contributed by atoms with Gasteiger partial charge >= 0.3 is 0 Å². The first kappa shape index (κ1) is 18.9. The first-order chi connectivity index (χ1) is 12.5. The average Bonchev–Trinajstić information content (AvgIpc) is 2.63. The molecule has 1 saturated carbocycles. The maximum absolute atomic E-state index is 6.99. The lowest BCUT2D eigenvalue weighted by molar-refractivity contribution is 0.210. The summed E-state index contributed by atoms with van der Waals surface area (Å²) in [5.74, 6) is 0.483. The van der Waals surface area contributed by atoms with Crippen molar-refractivity contribution in [1.82, 2.24) is 0 Å². The highest BCUT2D eigenvalue weighted by Gasteiger charge is 2.50. The Kier molecular flexibility index (Phi) is 5.69. The molecule has 0 radical (unpaired) electrons. The Morgan fingerprint density at radius 1 is 0.962 bits per heavy atom. The van der Waals surface area contributed by atoms with E-state index in [1.165, 1.54) is 22.4 Å². The smallest absolute Gasteiger partial charge is 0.261 e. The molecule has 0 saturated heterocycles. The minimum absolute atomic E-state index is 0.0323. The van der Waals surface area contributed by atoms with Crippen molar-refractivity contribution in [2.45, 2.75) is 38.7 Å². The molecule has 1 aliphatic carbocycles. The van der Waals surface area contributed by atoms with E-state index in [9.17, 15) is 0 Å². The van der Waals surface area contributed by atoms with Crippen LogP contribution in [0.2, 0.25) is 5.04 Å². The van der Waals surface area contributed by atoms with Crippen molar-refractivity contribution in [3.63, 3.8) is 0 Å². The topological polar surface area (TPSA) is 18.5 Å². The Hall–Kier alpha value is -1.84. The number of benzene rings is 2. The maximum atomic E-state index is 6.99. The third kappa shape index (κ3) is 3.51. The number of hydrogen-bond acceptors (Lipinski definition) is 2. The van der Waals surface area contributed by atoms with Crippen LogP contribution in [0.15, 0.2) is 72.5 Å². The molecule has 1 aliphatic rings. The van der Waals surface area contributed by atoms with Crippen molar-refractivity contribution in [2.24, 2.45) is 5.92 Å². The molecule has 2 aromatic rings. The summed E-state index contributed by atoms with van der Waals surface area (Å²) in [6.45, 7) is 7.74. The quantitative estimate of drug-likeness (QED) is 0.553. The molecule has 3 heteroatoms. The Labute approximate surface area is 159 Å². The number of ether oxygens (including phenoxy) is 1. The maximum Gasteiger partial charge on any atom is 0.261 e. The highest BCUT2D eigenvalue weighted by molar-refractivity contribution is 6.99. The standard InChI is InChI=1S/C23H30O2Si/c1-23(2,3)26(21-11-7-5-8-12-21,22-13-9-6-10-14-22)25-18-20-16-15-19(20)17-24-4/h5-14,17,20H,15-16,18H2,1-4H3/t20-/m0/s1. The second-order valence-corrected chi connectivity index (χ2v) is 12.4. The van der Waals surface area contributed by atoms with Gasteiger partial charge in [0.2, 0.25) is 0 Å². The molecule has 0 unspecified atom stereocenters. The highest BCUT2D eigenvalue weighted by atomic mass is 28.4. The minimum atomic E-state index is -2.42. The van der Waals surface area contributed by atoms with Crippen LogP contribution in [0.4, 0.5) is 0 Å². The molecule has 2 aromatic carbocycles. The molecule has 0 aliphatic heterocycles. The molecule has 0 N–H and O–H groups in total. The zero-order valence-electron chi connectivity index (χ0n) is 16.4. The summed E-state index contributed by atoms with van der Waals surface area (Å²) in [4.78, 5) is 0. The average molecular weight is 367 g/mol. The van der Waals surface area contributed by atoms with Gasteiger partial charge in [0.15, 0.2) is 0 Å². The van der Waals surface area contributed by atoms with Gasteiger partial charge in [-0.05, 0) is 33.8 Å². The fourth-order valence-corrected chi connectivity index (χ4v) is 8.61. The first-order valence-corrected chi connectivity index (χ1v) is 11.4. The van der Waals surface area contributed by atoms with Crippen molar-refractivity contribution in [2.75, 3.05) is 13.7 Å². The van der Waals surface area contributed by atoms with E-state index >= 15 is 0 Å². The molecule has 0 bridgehead atoms. The van der Waals surface area contributed by atoms with Gasteiger partial charge in [-0.2, -0.15) is 0 Å². The van der Waals surface area contributed by atoms with Crippen molar-refractivity contribution < 1.29 is 9.16 Å². The first-order valence-electron chi connectivity index (χ1n) is 9.46. The summed E-state index contributed by atoms with van der Waals surface area (Å²) in [7, 11) is -0.688. The van der Waals surface area contributed by atoms with Crippen molar-refractivity contribution in [3.8, 4) is 0 Å². The third-order valence-corrected chi connectivity index (χ3v) is 10.5. The van der Waals surface area contributed by atoms with Gasteiger partial charge in [-0.15, -0.1) is 0 Å². The number of methoxy groups -OCH3 is 1. The fraction of sp³-hybridized carbons (Fsp3) is 0.391. The summed E-state index contributed by atoms with van der Waals surface area (Å²) in [6, 6.07) is 21.7. The van der Waals surface area contributed by atoms with E-state index in [2.05, 4.69) is 81.4 Å². The Morgan fingerprint density at radius 3 is 1.88 bits per heavy atom. The number of hydrogen-bond donors (Lipinski definition) is 0. The molecule has 1 fully saturated rings. The normalized spacial score (nSPS) is 19.2. The monoisotopic (exact) mass is 366 g/mol. The van der Waals surface area contributed by atoms with E-state index in [1.807, 2.05) is 6.26 Å². The predicted octanol–water partition coefficient (Wildman–Crippen LogP) is 4.50. The summed E-state index contributed by atoms with van der Waals surface area (Å²) >= 11 is 0. The van der Waals surface area contributed by atoms with E-state index in [-0.39, 0.29) is 5.04 Å². The van der Waals surface area contributed by atoms with Gasteiger partial charge in [-0.25, -0.2) is 0 Å². The summed E-state index contributed by atoms with van der Waals surface area (Å²) in [6.07, 6.45) is 4.22. The molecule has 0 spiro atoms. The van der Waals surface area contributed by atoms with Gasteiger partial charge in [-0.1, -0.05) is 81.4 Å². The van der Waals surface area contributed by atoms with E-state index in [4.69, 9.17) is 9.16 Å². The van der Waals surface area contributed by atoms with Gasteiger partial charge in [0, 0.05) is 12.5 Å². The van der Waals surface area contributed by atoms with Gasteiger partial charge in [0.25, 0.3) is 8.32 Å². The minimum Gasteiger partial charge on any atom is -0.504 e. The SMILES string of the molecule is COC=C1CC[C@H]1CO[Si](c1ccccc1)(c1ccccc1)C(C)(C)C. The largest absolute Gasteiger partial charge is 0.504 e. The second-order valence-electron chi connectivity index (χ2n) is 8.14. The molecular weight excluding hydrogens is 336 g/mol. The fourth-order valence-electron chi connectivity index (χ4n) is 4.00. The van der Waals surface area contributed by atoms with Crippen LogP contribution in [0.25, 0.3) is 0 Å². The van der Waals surface area contributed by atoms with Crippen LogP contribution in [-0.2, 0) is 9.16 Å². The molecule has 26 heavy (non-hydrogen) atoms. The molecule has 3 rings (SSSR count). The van der Waals surface area contributed by atoms with Crippen molar-refractivity contribution in [3.05, 3.63) is 72.5 Å². The molecule has 2 nitrogen and oxygen atoms in total. The van der Waals surface area contributed by atoms with Gasteiger partial charge in [0.05, 0.1) is 13.4 Å². The molecule has 138 valence electrons. The zero-order chi connectivity index (χ0) is 18.6. The Balaban J connectivity index is 2.02. The van der Waals surface area contributed by atoms with E-state index in [1.54, 1.807) is 7.11 Å². The van der Waals surface area contributed by atoms with E-state index < -0.39 is 8.32 Å². The van der Waals surface area contributed by atoms with Crippen LogP contribution in [0.3, 0.4) is 0 Å². The van der Waals surface area contributed by atoms with Crippen LogP contribution in [0, 0.1) is 5.92 Å². The van der Waals surface area contributed by atoms with Crippen LogP contribution in [0.1, 0.15) is 33.6 Å². The lowest BCUT2D eigenvalue weighted by Crippen LogP contribution is -2.67. The Morgan fingerprint density at radius 2 is 1.50 bits per heavy atom. The molecule has 0 amide bonds. The van der Waals surface area contributed by atoms with Crippen LogP contribution in [-0.4, -0.2) is 22.0 Å². The van der Waals surface area contributed by atoms with Crippen molar-refractivity contribution in [1.29, 1.82) is 0 Å².